The molecule has 0 bridgehead atoms. The number of hydrogen-bond acceptors (Lipinski definition) is 8. The molecule has 1 aliphatic heterocycles. The molecule has 0 amide bonds. The average molecular weight is 434 g/mol. The van der Waals surface area contributed by atoms with E-state index < -0.39 is 0 Å². The highest BCUT2D eigenvalue weighted by atomic mass is 16.5. The lowest BCUT2D eigenvalue weighted by molar-refractivity contribution is 0.00328. The molecule has 5 rings (SSSR count). The molecule has 0 fully saturated rings. The summed E-state index contributed by atoms with van der Waals surface area (Å²) in [5, 5.41) is 4.13. The van der Waals surface area contributed by atoms with Gasteiger partial charge >= 0.3 is 0 Å². The number of aromatic nitrogens is 4. The largest absolute Gasteiger partial charge is 0.497 e. The van der Waals surface area contributed by atoms with E-state index in [1.165, 1.54) is 0 Å². The van der Waals surface area contributed by atoms with Gasteiger partial charge in [0.1, 0.15) is 23.4 Å². The van der Waals surface area contributed by atoms with Crippen molar-refractivity contribution in [3.8, 4) is 40.2 Å². The van der Waals surface area contributed by atoms with Crippen molar-refractivity contribution < 1.29 is 23.5 Å². The predicted octanol–water partition coefficient (Wildman–Crippen LogP) is 3.90. The Morgan fingerprint density at radius 1 is 0.969 bits per heavy atom. The molecule has 2 aromatic carbocycles. The summed E-state index contributed by atoms with van der Waals surface area (Å²) in [5.41, 5.74) is 3.29. The number of rotatable bonds is 6. The number of nitrogens with zero attached hydrogens (tertiary/aromatic N) is 4. The van der Waals surface area contributed by atoms with E-state index in [9.17, 15) is 0 Å². The maximum atomic E-state index is 6.11. The summed E-state index contributed by atoms with van der Waals surface area (Å²) in [6.45, 7) is 1.03. The van der Waals surface area contributed by atoms with Crippen LogP contribution in [0.2, 0.25) is 0 Å². The Morgan fingerprint density at radius 2 is 1.75 bits per heavy atom. The second kappa shape index (κ2) is 8.35. The number of hydrogen-bond donors (Lipinski definition) is 0. The van der Waals surface area contributed by atoms with Crippen LogP contribution in [0.5, 0.6) is 17.2 Å². The van der Waals surface area contributed by atoms with Crippen LogP contribution in [-0.2, 0) is 17.9 Å². The number of imidazole rings is 1. The molecule has 0 N–H and O–H groups in total. The van der Waals surface area contributed by atoms with Gasteiger partial charge in [0, 0.05) is 6.07 Å². The molecular formula is C23H22N4O5. The van der Waals surface area contributed by atoms with Gasteiger partial charge in [-0.2, -0.15) is 4.98 Å². The van der Waals surface area contributed by atoms with Crippen LogP contribution >= 0.6 is 0 Å². The van der Waals surface area contributed by atoms with E-state index in [4.69, 9.17) is 23.5 Å². The standard InChI is InChI=1S/C23H22N4O5/c1-28-15-6-4-14(5-7-15)20-11-27-13-24-21(18(27)12-31-20)23-25-22(26-32-23)17-9-8-16(29-2)10-19(17)30-3/h4-10,13,20H,11-12H2,1-3H3. The van der Waals surface area contributed by atoms with Crippen molar-refractivity contribution in [3.05, 3.63) is 60.0 Å². The second-order valence-corrected chi connectivity index (χ2v) is 7.25. The van der Waals surface area contributed by atoms with Gasteiger partial charge in [0.25, 0.3) is 5.89 Å². The number of methoxy groups -OCH3 is 3. The maximum absolute atomic E-state index is 6.11. The molecule has 0 saturated carbocycles. The molecule has 3 heterocycles. The number of benzene rings is 2. The van der Waals surface area contributed by atoms with E-state index in [2.05, 4.69) is 19.7 Å². The lowest BCUT2D eigenvalue weighted by atomic mass is 10.1. The number of ether oxygens (including phenoxy) is 4. The van der Waals surface area contributed by atoms with Crippen molar-refractivity contribution in [1.82, 2.24) is 19.7 Å². The first kappa shape index (κ1) is 20.1. The summed E-state index contributed by atoms with van der Waals surface area (Å²) in [6.07, 6.45) is 1.71. The predicted molar refractivity (Wildman–Crippen MR) is 115 cm³/mol. The van der Waals surface area contributed by atoms with Crippen molar-refractivity contribution in [2.24, 2.45) is 0 Å². The van der Waals surface area contributed by atoms with Gasteiger partial charge in [-0.25, -0.2) is 4.98 Å². The minimum Gasteiger partial charge on any atom is -0.497 e. The van der Waals surface area contributed by atoms with Crippen LogP contribution in [0.3, 0.4) is 0 Å². The van der Waals surface area contributed by atoms with E-state index in [0.29, 0.717) is 47.6 Å². The molecule has 0 radical (unpaired) electrons. The third-order valence-electron chi connectivity index (χ3n) is 5.50. The molecule has 9 heteroatoms. The molecule has 0 aliphatic carbocycles. The zero-order chi connectivity index (χ0) is 22.1. The quantitative estimate of drug-likeness (QED) is 0.451. The summed E-state index contributed by atoms with van der Waals surface area (Å²) in [4.78, 5) is 9.06. The normalized spacial score (nSPS) is 15.3. The van der Waals surface area contributed by atoms with Crippen LogP contribution in [-0.4, -0.2) is 41.0 Å². The van der Waals surface area contributed by atoms with Gasteiger partial charge in [-0.1, -0.05) is 17.3 Å². The Labute approximate surface area is 184 Å². The summed E-state index contributed by atoms with van der Waals surface area (Å²) in [6, 6.07) is 13.3. The minimum absolute atomic E-state index is 0.0720. The average Bonchev–Trinajstić information content (AvgIpc) is 3.50. The van der Waals surface area contributed by atoms with Crippen LogP contribution in [0.4, 0.5) is 0 Å². The van der Waals surface area contributed by atoms with Crippen molar-refractivity contribution in [2.45, 2.75) is 19.3 Å². The van der Waals surface area contributed by atoms with Crippen molar-refractivity contribution in [2.75, 3.05) is 21.3 Å². The zero-order valence-corrected chi connectivity index (χ0v) is 17.9. The summed E-state index contributed by atoms with van der Waals surface area (Å²) in [5.74, 6) is 2.83. The van der Waals surface area contributed by atoms with Gasteiger partial charge in [0.2, 0.25) is 5.82 Å². The molecule has 0 saturated heterocycles. The lowest BCUT2D eigenvalue weighted by Crippen LogP contribution is -2.20. The fourth-order valence-electron chi connectivity index (χ4n) is 3.74. The molecule has 164 valence electrons. The Morgan fingerprint density at radius 3 is 2.50 bits per heavy atom. The van der Waals surface area contributed by atoms with Gasteiger partial charge in [-0.05, 0) is 29.8 Å². The molecule has 0 spiro atoms. The lowest BCUT2D eigenvalue weighted by Gasteiger charge is -2.25. The third kappa shape index (κ3) is 3.56. The third-order valence-corrected chi connectivity index (χ3v) is 5.50. The first-order chi connectivity index (χ1) is 15.7. The molecule has 32 heavy (non-hydrogen) atoms. The van der Waals surface area contributed by atoms with E-state index in [1.54, 1.807) is 33.7 Å². The molecule has 9 nitrogen and oxygen atoms in total. The van der Waals surface area contributed by atoms with Crippen molar-refractivity contribution >= 4 is 0 Å². The fraction of sp³-hybridized carbons (Fsp3) is 0.261. The molecule has 1 atom stereocenters. The number of fused-ring (bicyclic) bond motifs is 1. The molecule has 4 aromatic rings. The van der Waals surface area contributed by atoms with E-state index >= 15 is 0 Å². The van der Waals surface area contributed by atoms with Crippen molar-refractivity contribution in [3.63, 3.8) is 0 Å². The van der Waals surface area contributed by atoms with Crippen LogP contribution in [0, 0.1) is 0 Å². The monoisotopic (exact) mass is 434 g/mol. The van der Waals surface area contributed by atoms with Crippen LogP contribution in [0.25, 0.3) is 23.0 Å². The Bertz CT molecular complexity index is 1230. The highest BCUT2D eigenvalue weighted by Gasteiger charge is 2.27. The SMILES string of the molecule is COc1ccc(C2Cn3cnc(-c4nc(-c5ccc(OC)cc5OC)no4)c3CO2)cc1. The van der Waals surface area contributed by atoms with Gasteiger partial charge in [0.15, 0.2) is 5.69 Å². The van der Waals surface area contributed by atoms with Gasteiger partial charge in [-0.15, -0.1) is 0 Å². The topological polar surface area (TPSA) is 93.7 Å². The Balaban J connectivity index is 1.39. The summed E-state index contributed by atoms with van der Waals surface area (Å²) >= 11 is 0. The van der Waals surface area contributed by atoms with Gasteiger partial charge in [0.05, 0.1) is 52.1 Å². The maximum Gasteiger partial charge on any atom is 0.278 e. The van der Waals surface area contributed by atoms with Crippen LogP contribution in [0.15, 0.2) is 53.3 Å². The van der Waals surface area contributed by atoms with E-state index in [-0.39, 0.29) is 6.10 Å². The summed E-state index contributed by atoms with van der Waals surface area (Å²) < 4.78 is 29.6. The molecule has 1 aliphatic rings. The Kier molecular flexibility index (Phi) is 5.24. The van der Waals surface area contributed by atoms with Crippen LogP contribution in [0.1, 0.15) is 17.4 Å². The molecule has 1 unspecified atom stereocenters. The molecule has 2 aromatic heterocycles. The molecular weight excluding hydrogens is 412 g/mol. The first-order valence-corrected chi connectivity index (χ1v) is 10.1. The van der Waals surface area contributed by atoms with Gasteiger partial charge < -0.3 is 28.0 Å². The van der Waals surface area contributed by atoms with Gasteiger partial charge in [-0.3, -0.25) is 0 Å². The summed E-state index contributed by atoms with van der Waals surface area (Å²) in [7, 11) is 4.84. The zero-order valence-electron chi connectivity index (χ0n) is 17.9. The highest BCUT2D eigenvalue weighted by molar-refractivity contribution is 5.67. The van der Waals surface area contributed by atoms with Crippen LogP contribution < -0.4 is 14.2 Å². The smallest absolute Gasteiger partial charge is 0.278 e. The fourth-order valence-corrected chi connectivity index (χ4v) is 3.74. The Hall–Kier alpha value is -3.85. The highest BCUT2D eigenvalue weighted by Crippen LogP contribution is 2.35. The minimum atomic E-state index is -0.0720. The van der Waals surface area contributed by atoms with E-state index in [1.807, 2.05) is 36.4 Å². The van der Waals surface area contributed by atoms with E-state index in [0.717, 1.165) is 17.0 Å². The van der Waals surface area contributed by atoms with Crippen molar-refractivity contribution in [1.29, 1.82) is 0 Å². The second-order valence-electron chi connectivity index (χ2n) is 7.25. The first-order valence-electron chi connectivity index (χ1n) is 10.1.